The number of amides is 2. The molecule has 2 aromatic carbocycles. The first-order chi connectivity index (χ1) is 14.6. The minimum Gasteiger partial charge on any atom is -0.410 e. The Hall–Kier alpha value is -4.20. The van der Waals surface area contributed by atoms with Gasteiger partial charge in [0, 0.05) is 24.8 Å². The normalized spacial score (nSPS) is 15.6. The van der Waals surface area contributed by atoms with Gasteiger partial charge in [0.15, 0.2) is 5.84 Å². The number of Topliss-reactive ketones (excluding diaryl/α,β-unsaturated/α-hetero) is 1. The molecule has 0 saturated carbocycles. The quantitative estimate of drug-likeness (QED) is 0.687. The molecule has 2 amide bonds. The highest BCUT2D eigenvalue weighted by Crippen LogP contribution is 2.26. The molecule has 0 radical (unpaired) electrons. The van der Waals surface area contributed by atoms with Gasteiger partial charge in [-0.3, -0.25) is 14.7 Å². The van der Waals surface area contributed by atoms with Crippen LogP contribution < -0.4 is 15.4 Å². The molecule has 0 aliphatic carbocycles. The van der Waals surface area contributed by atoms with Crippen molar-refractivity contribution in [3.63, 3.8) is 0 Å². The molecule has 8 heteroatoms. The fourth-order valence-electron chi connectivity index (χ4n) is 3.23. The Kier molecular flexibility index (Phi) is 5.13. The predicted octanol–water partition coefficient (Wildman–Crippen LogP) is 3.20. The van der Waals surface area contributed by atoms with Crippen LogP contribution in [-0.4, -0.2) is 35.4 Å². The molecule has 1 aromatic heterocycles. The molecule has 0 spiro atoms. The molecule has 0 saturated heterocycles. The summed E-state index contributed by atoms with van der Waals surface area (Å²) in [5.74, 6) is -0.696. The molecule has 1 aliphatic heterocycles. The van der Waals surface area contributed by atoms with E-state index in [-0.39, 0.29) is 17.6 Å². The van der Waals surface area contributed by atoms with E-state index in [4.69, 9.17) is 4.74 Å². The average Bonchev–Trinajstić information content (AvgIpc) is 3.18. The second-order valence-corrected chi connectivity index (χ2v) is 6.55. The number of nitrogens with zero attached hydrogens (tertiary/aromatic N) is 2. The number of aliphatic imine (C=N–C) groups is 1. The van der Waals surface area contributed by atoms with E-state index in [0.29, 0.717) is 5.75 Å². The lowest BCUT2D eigenvalue weighted by Crippen LogP contribution is -2.40. The third-order valence-electron chi connectivity index (χ3n) is 4.68. The molecule has 30 heavy (non-hydrogen) atoms. The number of amidine groups is 1. The first kappa shape index (κ1) is 19.1. The summed E-state index contributed by atoms with van der Waals surface area (Å²) in [6.45, 7) is 0. The summed E-state index contributed by atoms with van der Waals surface area (Å²) in [7, 11) is 1.56. The van der Waals surface area contributed by atoms with E-state index in [2.05, 4.69) is 15.6 Å². The Balaban J connectivity index is 1.51. The van der Waals surface area contributed by atoms with Crippen LogP contribution in [0, 0.1) is 0 Å². The number of fused-ring (bicyclic) bond motifs is 1. The van der Waals surface area contributed by atoms with Gasteiger partial charge in [-0.05, 0) is 35.9 Å². The lowest BCUT2D eigenvalue weighted by atomic mass is 9.92. The van der Waals surface area contributed by atoms with Gasteiger partial charge >= 0.3 is 12.1 Å². The van der Waals surface area contributed by atoms with Gasteiger partial charge in [0.05, 0.1) is 11.4 Å². The van der Waals surface area contributed by atoms with E-state index >= 15 is 0 Å². The monoisotopic (exact) mass is 402 g/mol. The van der Waals surface area contributed by atoms with Crippen molar-refractivity contribution in [2.45, 2.75) is 5.92 Å². The second-order valence-electron chi connectivity index (χ2n) is 6.55. The first-order valence-corrected chi connectivity index (χ1v) is 9.22. The van der Waals surface area contributed by atoms with Crippen molar-refractivity contribution >= 4 is 34.6 Å². The van der Waals surface area contributed by atoms with Crippen LogP contribution in [0.4, 0.5) is 9.59 Å². The van der Waals surface area contributed by atoms with Gasteiger partial charge in [0.25, 0.3) is 0 Å². The lowest BCUT2D eigenvalue weighted by molar-refractivity contribution is -0.113. The number of nitrogens with one attached hydrogen (secondary N) is 2. The van der Waals surface area contributed by atoms with E-state index in [1.807, 2.05) is 6.07 Å². The van der Waals surface area contributed by atoms with Crippen LogP contribution >= 0.6 is 0 Å². The number of para-hydroxylation sites is 1. The number of carbonyl (C=O) groups excluding carboxylic acids is 3. The van der Waals surface area contributed by atoms with Crippen LogP contribution in [0.25, 0.3) is 10.9 Å². The standard InChI is InChI=1S/C22H18N4O4/c1-23-21(28)26-12-10-15-13-14(7-8-18(15)26)17-9-11-24-20(19(17)27)25-22(29)30-16-5-3-2-4-6-16/h2-13,17H,1H3,(H,23,28)(H,24,25,29). The second kappa shape index (κ2) is 8.04. The molecule has 4 rings (SSSR count). The Morgan fingerprint density at radius 2 is 1.90 bits per heavy atom. The van der Waals surface area contributed by atoms with Gasteiger partial charge in [-0.25, -0.2) is 14.6 Å². The molecule has 0 fully saturated rings. The van der Waals surface area contributed by atoms with Gasteiger partial charge in [0.1, 0.15) is 5.75 Å². The van der Waals surface area contributed by atoms with Crippen LogP contribution in [0.15, 0.2) is 78.1 Å². The van der Waals surface area contributed by atoms with E-state index in [1.165, 1.54) is 10.8 Å². The maximum Gasteiger partial charge on any atom is 0.418 e. The van der Waals surface area contributed by atoms with Crippen LogP contribution in [0.5, 0.6) is 5.75 Å². The number of rotatable bonds is 2. The molecule has 0 bridgehead atoms. The van der Waals surface area contributed by atoms with Crippen LogP contribution in [0.3, 0.4) is 0 Å². The van der Waals surface area contributed by atoms with Gasteiger partial charge in [-0.15, -0.1) is 0 Å². The highest BCUT2D eigenvalue weighted by atomic mass is 16.6. The number of carbonyl (C=O) groups is 3. The first-order valence-electron chi connectivity index (χ1n) is 9.22. The van der Waals surface area contributed by atoms with E-state index in [1.54, 1.807) is 67.9 Å². The Morgan fingerprint density at radius 3 is 2.67 bits per heavy atom. The number of benzene rings is 2. The Labute approximate surface area is 171 Å². The zero-order valence-electron chi connectivity index (χ0n) is 16.0. The smallest absolute Gasteiger partial charge is 0.410 e. The van der Waals surface area contributed by atoms with Gasteiger partial charge in [-0.1, -0.05) is 30.3 Å². The molecule has 1 unspecified atom stereocenters. The van der Waals surface area contributed by atoms with E-state index in [0.717, 1.165) is 16.5 Å². The molecule has 2 heterocycles. The highest BCUT2D eigenvalue weighted by Gasteiger charge is 2.27. The topological polar surface area (TPSA) is 102 Å². The SMILES string of the molecule is CNC(=O)n1ccc2cc(C3C=CN=C(NC(=O)Oc4ccccc4)C3=O)ccc21. The zero-order chi connectivity index (χ0) is 21.1. The van der Waals surface area contributed by atoms with Crippen molar-refractivity contribution in [2.24, 2.45) is 4.99 Å². The molecule has 3 aromatic rings. The molecule has 150 valence electrons. The highest BCUT2D eigenvalue weighted by molar-refractivity contribution is 6.43. The summed E-state index contributed by atoms with van der Waals surface area (Å²) < 4.78 is 6.64. The summed E-state index contributed by atoms with van der Waals surface area (Å²) in [5.41, 5.74) is 1.45. The zero-order valence-corrected chi connectivity index (χ0v) is 16.0. The maximum absolute atomic E-state index is 12.9. The Morgan fingerprint density at radius 1 is 1.10 bits per heavy atom. The van der Waals surface area contributed by atoms with Gasteiger partial charge in [0.2, 0.25) is 5.78 Å². The third kappa shape index (κ3) is 3.70. The van der Waals surface area contributed by atoms with Crippen LogP contribution in [-0.2, 0) is 4.79 Å². The van der Waals surface area contributed by atoms with Crippen LogP contribution in [0.2, 0.25) is 0 Å². The predicted molar refractivity (Wildman–Crippen MR) is 112 cm³/mol. The fourth-order valence-corrected chi connectivity index (χ4v) is 3.23. The molecular weight excluding hydrogens is 384 g/mol. The van der Waals surface area contributed by atoms with E-state index < -0.39 is 12.0 Å². The number of aromatic nitrogens is 1. The van der Waals surface area contributed by atoms with Crippen molar-refractivity contribution < 1.29 is 19.1 Å². The number of hydrogen-bond donors (Lipinski definition) is 2. The molecule has 1 atom stereocenters. The summed E-state index contributed by atoms with van der Waals surface area (Å²) in [6, 6.07) is 15.5. The lowest BCUT2D eigenvalue weighted by Gasteiger charge is -2.17. The molecule has 8 nitrogen and oxygen atoms in total. The summed E-state index contributed by atoms with van der Waals surface area (Å²) >= 11 is 0. The van der Waals surface area contributed by atoms with Crippen molar-refractivity contribution in [3.8, 4) is 5.75 Å². The van der Waals surface area contributed by atoms with Crippen molar-refractivity contribution in [3.05, 3.63) is 78.6 Å². The van der Waals surface area contributed by atoms with Crippen molar-refractivity contribution in [1.82, 2.24) is 15.2 Å². The summed E-state index contributed by atoms with van der Waals surface area (Å²) in [5, 5.41) is 5.81. The van der Waals surface area contributed by atoms with Crippen molar-refractivity contribution in [2.75, 3.05) is 7.05 Å². The molecule has 2 N–H and O–H groups in total. The van der Waals surface area contributed by atoms with Crippen LogP contribution in [0.1, 0.15) is 11.5 Å². The minimum atomic E-state index is -0.791. The van der Waals surface area contributed by atoms with Crippen molar-refractivity contribution in [1.29, 1.82) is 0 Å². The average molecular weight is 402 g/mol. The summed E-state index contributed by atoms with van der Waals surface area (Å²) in [4.78, 5) is 40.9. The number of ketones is 1. The number of ether oxygens (including phenoxy) is 1. The third-order valence-corrected chi connectivity index (χ3v) is 4.68. The van der Waals surface area contributed by atoms with Gasteiger partial charge < -0.3 is 10.1 Å². The maximum atomic E-state index is 12.9. The van der Waals surface area contributed by atoms with Gasteiger partial charge in [-0.2, -0.15) is 0 Å². The minimum absolute atomic E-state index is 0.0912. The number of allylic oxidation sites excluding steroid dienone is 1. The summed E-state index contributed by atoms with van der Waals surface area (Å²) in [6.07, 6.45) is 4.01. The molecular formula is C22H18N4O4. The molecule has 1 aliphatic rings. The van der Waals surface area contributed by atoms with E-state index in [9.17, 15) is 14.4 Å². The largest absolute Gasteiger partial charge is 0.418 e. The Bertz CT molecular complexity index is 1190. The number of hydrogen-bond acceptors (Lipinski definition) is 5. The fraction of sp³-hybridized carbons (Fsp3) is 0.0909.